The molecule has 0 bridgehead atoms. The van der Waals surface area contributed by atoms with Crippen molar-refractivity contribution in [2.75, 3.05) is 0 Å². The second-order valence-corrected chi connectivity index (χ2v) is 8.52. The van der Waals surface area contributed by atoms with E-state index < -0.39 is 48.4 Å². The molecule has 100 valence electrons. The topological polar surface area (TPSA) is 86.7 Å². The van der Waals surface area contributed by atoms with Crippen molar-refractivity contribution in [2.45, 2.75) is 50.4 Å². The Kier molecular flexibility index (Phi) is 2.68. The van der Waals surface area contributed by atoms with Crippen molar-refractivity contribution >= 4 is 20.2 Å². The van der Waals surface area contributed by atoms with E-state index in [9.17, 15) is 16.8 Å². The van der Waals surface area contributed by atoms with Gasteiger partial charge >= 0.3 is 0 Å². The van der Waals surface area contributed by atoms with E-state index in [0.29, 0.717) is 0 Å². The van der Waals surface area contributed by atoms with Gasteiger partial charge in [0.1, 0.15) is 0 Å². The molecule has 2 fully saturated rings. The normalized spacial score (nSPS) is 52.0. The summed E-state index contributed by atoms with van der Waals surface area (Å²) in [5.41, 5.74) is -1.03. The van der Waals surface area contributed by atoms with Gasteiger partial charge in [-0.3, -0.25) is 8.37 Å². The van der Waals surface area contributed by atoms with Crippen molar-refractivity contribution in [2.24, 2.45) is 5.41 Å². The molecule has 17 heavy (non-hydrogen) atoms. The van der Waals surface area contributed by atoms with E-state index in [1.54, 1.807) is 13.8 Å². The molecule has 2 saturated heterocycles. The fraction of sp³-hybridized carbons (Fsp3) is 1.00. The zero-order chi connectivity index (χ0) is 13.2. The summed E-state index contributed by atoms with van der Waals surface area (Å²) < 4.78 is 57.0. The Morgan fingerprint density at radius 3 is 1.24 bits per heavy atom. The summed E-state index contributed by atoms with van der Waals surface area (Å²) in [5, 5.41) is -1.79. The first-order chi connectivity index (χ1) is 7.57. The van der Waals surface area contributed by atoms with Crippen LogP contribution < -0.4 is 0 Å². The van der Waals surface area contributed by atoms with Crippen LogP contribution in [0.1, 0.15) is 27.7 Å². The molecular weight excluding hydrogens is 268 g/mol. The SMILES string of the molecule is CC1OS(=O)(=O)C(C)C12C(C)OS(=O)(=O)[C@@H]2C. The van der Waals surface area contributed by atoms with Crippen molar-refractivity contribution in [3.8, 4) is 0 Å². The highest BCUT2D eigenvalue weighted by Crippen LogP contribution is 2.54. The molecule has 0 aromatic carbocycles. The van der Waals surface area contributed by atoms with Crippen LogP contribution in [0.15, 0.2) is 0 Å². The van der Waals surface area contributed by atoms with E-state index in [1.807, 2.05) is 0 Å². The van der Waals surface area contributed by atoms with Gasteiger partial charge in [-0.25, -0.2) is 0 Å². The Morgan fingerprint density at radius 2 is 1.06 bits per heavy atom. The maximum atomic E-state index is 11.8. The maximum Gasteiger partial charge on any atom is 0.271 e. The molecule has 0 amide bonds. The lowest BCUT2D eigenvalue weighted by Gasteiger charge is -2.33. The van der Waals surface area contributed by atoms with Crippen LogP contribution >= 0.6 is 0 Å². The highest BCUT2D eigenvalue weighted by molar-refractivity contribution is 7.89. The molecule has 2 aliphatic heterocycles. The maximum absolute atomic E-state index is 11.8. The minimum absolute atomic E-state index is 0.704. The van der Waals surface area contributed by atoms with E-state index in [-0.39, 0.29) is 0 Å². The lowest BCUT2D eigenvalue weighted by atomic mass is 9.73. The second-order valence-electron chi connectivity index (χ2n) is 4.75. The summed E-state index contributed by atoms with van der Waals surface area (Å²) in [6, 6.07) is 0. The van der Waals surface area contributed by atoms with Crippen LogP contribution in [0.4, 0.5) is 0 Å². The average Bonchev–Trinajstić information content (AvgIpc) is 2.43. The van der Waals surface area contributed by atoms with Crippen LogP contribution in [0.25, 0.3) is 0 Å². The third-order valence-electron chi connectivity index (χ3n) is 4.24. The highest BCUT2D eigenvalue weighted by Gasteiger charge is 2.69. The molecule has 0 aromatic rings. The van der Waals surface area contributed by atoms with E-state index >= 15 is 0 Å². The van der Waals surface area contributed by atoms with Crippen LogP contribution in [0.3, 0.4) is 0 Å². The molecule has 0 N–H and O–H groups in total. The molecule has 5 atom stereocenters. The van der Waals surface area contributed by atoms with Gasteiger partial charge in [-0.2, -0.15) is 16.8 Å². The minimum atomic E-state index is -3.73. The summed E-state index contributed by atoms with van der Waals surface area (Å²) in [7, 11) is -7.45. The third kappa shape index (κ3) is 1.44. The molecule has 6 nitrogen and oxygen atoms in total. The van der Waals surface area contributed by atoms with E-state index in [2.05, 4.69) is 0 Å². The molecule has 8 heteroatoms. The van der Waals surface area contributed by atoms with Gasteiger partial charge in [0, 0.05) is 0 Å². The second kappa shape index (κ2) is 3.43. The molecule has 2 aliphatic rings. The summed E-state index contributed by atoms with van der Waals surface area (Å²) in [6.07, 6.45) is -1.41. The molecule has 0 aromatic heterocycles. The van der Waals surface area contributed by atoms with Crippen LogP contribution in [0, 0.1) is 5.41 Å². The van der Waals surface area contributed by atoms with Crippen molar-refractivity contribution < 1.29 is 25.2 Å². The predicted molar refractivity (Wildman–Crippen MR) is 60.3 cm³/mol. The van der Waals surface area contributed by atoms with E-state index in [4.69, 9.17) is 8.37 Å². The molecule has 0 aliphatic carbocycles. The smallest absolute Gasteiger partial charge is 0.266 e. The van der Waals surface area contributed by atoms with Gasteiger partial charge in [0.15, 0.2) is 0 Å². The Labute approximate surface area is 102 Å². The van der Waals surface area contributed by atoms with Crippen molar-refractivity contribution in [1.82, 2.24) is 0 Å². The van der Waals surface area contributed by atoms with Crippen LogP contribution in [-0.2, 0) is 28.6 Å². The van der Waals surface area contributed by atoms with Crippen molar-refractivity contribution in [3.05, 3.63) is 0 Å². The van der Waals surface area contributed by atoms with Crippen LogP contribution in [0.5, 0.6) is 0 Å². The molecule has 1 spiro atoms. The fourth-order valence-electron chi connectivity index (χ4n) is 3.22. The van der Waals surface area contributed by atoms with Gasteiger partial charge in [-0.05, 0) is 27.7 Å². The molecule has 2 heterocycles. The highest BCUT2D eigenvalue weighted by atomic mass is 32.2. The third-order valence-corrected chi connectivity index (χ3v) is 7.90. The van der Waals surface area contributed by atoms with Crippen LogP contribution in [0.2, 0.25) is 0 Å². The lowest BCUT2D eigenvalue weighted by molar-refractivity contribution is 0.0346. The van der Waals surface area contributed by atoms with Gasteiger partial charge < -0.3 is 0 Å². The molecule has 4 unspecified atom stereocenters. The minimum Gasteiger partial charge on any atom is -0.266 e. The summed E-state index contributed by atoms with van der Waals surface area (Å²) in [5.74, 6) is 0. The van der Waals surface area contributed by atoms with E-state index in [0.717, 1.165) is 0 Å². The van der Waals surface area contributed by atoms with Gasteiger partial charge in [0.25, 0.3) is 20.2 Å². The summed E-state index contributed by atoms with van der Waals surface area (Å²) in [4.78, 5) is 0. The first-order valence-corrected chi connectivity index (χ1v) is 8.35. The number of hydrogen-bond acceptors (Lipinski definition) is 6. The molecule has 0 saturated carbocycles. The number of rotatable bonds is 0. The summed E-state index contributed by atoms with van der Waals surface area (Å²) in [6.45, 7) is 6.13. The quantitative estimate of drug-likeness (QED) is 0.592. The molecule has 2 rings (SSSR count). The first kappa shape index (κ1) is 13.3. The fourth-order valence-corrected chi connectivity index (χ4v) is 6.95. The zero-order valence-corrected chi connectivity index (χ0v) is 11.7. The number of hydrogen-bond donors (Lipinski definition) is 0. The van der Waals surface area contributed by atoms with Gasteiger partial charge in [0.05, 0.1) is 28.1 Å². The average molecular weight is 284 g/mol. The van der Waals surface area contributed by atoms with Gasteiger partial charge in [-0.15, -0.1) is 0 Å². The Bertz CT molecular complexity index is 484. The largest absolute Gasteiger partial charge is 0.271 e. The zero-order valence-electron chi connectivity index (χ0n) is 10.1. The Morgan fingerprint density at radius 1 is 0.765 bits per heavy atom. The van der Waals surface area contributed by atoms with Crippen molar-refractivity contribution in [1.29, 1.82) is 0 Å². The first-order valence-electron chi connectivity index (χ1n) is 5.41. The Hall–Kier alpha value is -0.180. The van der Waals surface area contributed by atoms with Gasteiger partial charge in [-0.1, -0.05) is 0 Å². The molecular formula is C9H16O6S2. The monoisotopic (exact) mass is 284 g/mol. The standard InChI is InChI=1S/C9H16O6S2/c1-5-9(7(3)16(10,11)14-5)6(2)15-17(12,13)8(9)4/h5-8H,1-4H3/t5?,6?,7-,8?,9?/m1/s1. The Balaban J connectivity index is 2.65. The molecule has 0 radical (unpaired) electrons. The van der Waals surface area contributed by atoms with Crippen LogP contribution in [-0.4, -0.2) is 39.5 Å². The van der Waals surface area contributed by atoms with Gasteiger partial charge in [0.2, 0.25) is 0 Å². The van der Waals surface area contributed by atoms with Crippen molar-refractivity contribution in [3.63, 3.8) is 0 Å². The summed E-state index contributed by atoms with van der Waals surface area (Å²) >= 11 is 0. The predicted octanol–water partition coefficient (Wildman–Crippen LogP) is 0.247. The van der Waals surface area contributed by atoms with E-state index in [1.165, 1.54) is 13.8 Å². The lowest BCUT2D eigenvalue weighted by Crippen LogP contribution is -2.50.